The highest BCUT2D eigenvalue weighted by molar-refractivity contribution is 5.68. The van der Waals surface area contributed by atoms with Crippen LogP contribution < -0.4 is 5.73 Å². The Labute approximate surface area is 108 Å². The SMILES string of the molecule is CC(C)(C)OC(=O)N1CCC(C(N)=CC#N)CC1. The Morgan fingerprint density at radius 2 is 2.00 bits per heavy atom. The molecule has 0 unspecified atom stereocenters. The second kappa shape index (κ2) is 5.76. The first-order chi connectivity index (χ1) is 8.33. The average Bonchev–Trinajstić information content (AvgIpc) is 2.27. The fourth-order valence-electron chi connectivity index (χ4n) is 1.91. The van der Waals surface area contributed by atoms with Crippen LogP contribution in [0, 0.1) is 17.2 Å². The second-order valence-electron chi connectivity index (χ2n) is 5.52. The molecule has 1 amide bonds. The highest BCUT2D eigenvalue weighted by Crippen LogP contribution is 2.23. The van der Waals surface area contributed by atoms with Gasteiger partial charge in [-0.05, 0) is 33.6 Å². The number of rotatable bonds is 1. The van der Waals surface area contributed by atoms with Crippen LogP contribution in [0.3, 0.4) is 0 Å². The van der Waals surface area contributed by atoms with E-state index in [4.69, 9.17) is 15.7 Å². The summed E-state index contributed by atoms with van der Waals surface area (Å²) in [5.74, 6) is 0.198. The third-order valence-corrected chi connectivity index (χ3v) is 2.85. The van der Waals surface area contributed by atoms with E-state index >= 15 is 0 Å². The van der Waals surface area contributed by atoms with Gasteiger partial charge in [-0.15, -0.1) is 0 Å². The van der Waals surface area contributed by atoms with Crippen molar-refractivity contribution in [1.29, 1.82) is 5.26 Å². The molecular formula is C13H21N3O2. The van der Waals surface area contributed by atoms with Crippen LogP contribution in [-0.2, 0) is 4.74 Å². The minimum absolute atomic E-state index is 0.198. The lowest BCUT2D eigenvalue weighted by Gasteiger charge is -2.33. The number of ether oxygens (including phenoxy) is 1. The minimum atomic E-state index is -0.465. The molecule has 0 radical (unpaired) electrons. The second-order valence-corrected chi connectivity index (χ2v) is 5.52. The van der Waals surface area contributed by atoms with Gasteiger partial charge in [-0.1, -0.05) is 0 Å². The molecule has 0 aliphatic carbocycles. The molecule has 1 aliphatic heterocycles. The summed E-state index contributed by atoms with van der Waals surface area (Å²) in [6, 6.07) is 1.94. The molecule has 100 valence electrons. The van der Waals surface area contributed by atoms with Gasteiger partial charge in [-0.25, -0.2) is 4.79 Å². The number of carbonyl (C=O) groups is 1. The Morgan fingerprint density at radius 3 is 2.44 bits per heavy atom. The first-order valence-corrected chi connectivity index (χ1v) is 6.16. The summed E-state index contributed by atoms with van der Waals surface area (Å²) in [4.78, 5) is 13.5. The highest BCUT2D eigenvalue weighted by atomic mass is 16.6. The van der Waals surface area contributed by atoms with Crippen molar-refractivity contribution >= 4 is 6.09 Å². The molecule has 0 aromatic carbocycles. The van der Waals surface area contributed by atoms with Gasteiger partial charge in [0.1, 0.15) is 5.60 Å². The molecule has 1 rings (SSSR count). The van der Waals surface area contributed by atoms with Crippen molar-refractivity contribution in [3.63, 3.8) is 0 Å². The minimum Gasteiger partial charge on any atom is -0.444 e. The van der Waals surface area contributed by atoms with E-state index in [2.05, 4.69) is 0 Å². The summed E-state index contributed by atoms with van der Waals surface area (Å²) in [6.45, 7) is 6.81. The van der Waals surface area contributed by atoms with Crippen molar-refractivity contribution in [2.24, 2.45) is 11.7 Å². The average molecular weight is 251 g/mol. The van der Waals surface area contributed by atoms with Crippen LogP contribution in [0.25, 0.3) is 0 Å². The van der Waals surface area contributed by atoms with Crippen LogP contribution in [0.1, 0.15) is 33.6 Å². The molecule has 0 aromatic heterocycles. The fourth-order valence-corrected chi connectivity index (χ4v) is 1.91. The Balaban J connectivity index is 2.47. The number of allylic oxidation sites excluding steroid dienone is 2. The maximum absolute atomic E-state index is 11.8. The summed E-state index contributed by atoms with van der Waals surface area (Å²) in [7, 11) is 0. The van der Waals surface area contributed by atoms with E-state index < -0.39 is 5.60 Å². The molecule has 0 atom stereocenters. The number of nitrogens with zero attached hydrogens (tertiary/aromatic N) is 2. The van der Waals surface area contributed by atoms with Gasteiger partial charge in [0.2, 0.25) is 0 Å². The normalized spacial score (nSPS) is 18.3. The van der Waals surface area contributed by atoms with Gasteiger partial charge < -0.3 is 15.4 Å². The summed E-state index contributed by atoms with van der Waals surface area (Å²) in [5.41, 5.74) is 5.93. The zero-order chi connectivity index (χ0) is 13.8. The Hall–Kier alpha value is -1.70. The summed E-state index contributed by atoms with van der Waals surface area (Å²) >= 11 is 0. The lowest BCUT2D eigenvalue weighted by Crippen LogP contribution is -2.42. The highest BCUT2D eigenvalue weighted by Gasteiger charge is 2.27. The number of hydrogen-bond acceptors (Lipinski definition) is 4. The molecule has 1 heterocycles. The van der Waals surface area contributed by atoms with Gasteiger partial charge in [-0.2, -0.15) is 5.26 Å². The summed E-state index contributed by atoms with van der Waals surface area (Å²) < 4.78 is 5.31. The fraction of sp³-hybridized carbons (Fsp3) is 0.692. The van der Waals surface area contributed by atoms with Crippen molar-refractivity contribution in [3.8, 4) is 6.07 Å². The molecule has 1 saturated heterocycles. The van der Waals surface area contributed by atoms with Gasteiger partial charge in [-0.3, -0.25) is 0 Å². The van der Waals surface area contributed by atoms with E-state index in [9.17, 15) is 4.79 Å². The standard InChI is InChI=1S/C13H21N3O2/c1-13(2,3)18-12(17)16-8-5-10(6-9-16)11(15)4-7-14/h4,10H,5-6,8-9,15H2,1-3H3. The molecule has 1 aliphatic rings. The predicted octanol–water partition coefficient (Wildman–Crippen LogP) is 2.00. The van der Waals surface area contributed by atoms with E-state index in [1.165, 1.54) is 6.08 Å². The molecule has 1 fully saturated rings. The number of nitriles is 1. The molecule has 0 bridgehead atoms. The quantitative estimate of drug-likeness (QED) is 0.723. The number of piperidine rings is 1. The topological polar surface area (TPSA) is 79.3 Å². The monoisotopic (exact) mass is 251 g/mol. The van der Waals surface area contributed by atoms with Crippen molar-refractivity contribution < 1.29 is 9.53 Å². The summed E-state index contributed by atoms with van der Waals surface area (Å²) in [6.07, 6.45) is 2.67. The molecule has 5 nitrogen and oxygen atoms in total. The van der Waals surface area contributed by atoms with Gasteiger partial charge >= 0.3 is 6.09 Å². The van der Waals surface area contributed by atoms with Crippen molar-refractivity contribution in [2.75, 3.05) is 13.1 Å². The van der Waals surface area contributed by atoms with Crippen molar-refractivity contribution in [2.45, 2.75) is 39.2 Å². The van der Waals surface area contributed by atoms with Gasteiger partial charge in [0.25, 0.3) is 0 Å². The first kappa shape index (κ1) is 14.4. The van der Waals surface area contributed by atoms with Crippen molar-refractivity contribution in [3.05, 3.63) is 11.8 Å². The number of likely N-dealkylation sites (tertiary alicyclic amines) is 1. The molecule has 0 spiro atoms. The van der Waals surface area contributed by atoms with Crippen LogP contribution in [0.2, 0.25) is 0 Å². The predicted molar refractivity (Wildman–Crippen MR) is 68.4 cm³/mol. The van der Waals surface area contributed by atoms with E-state index in [1.807, 2.05) is 26.8 Å². The van der Waals surface area contributed by atoms with E-state index in [-0.39, 0.29) is 12.0 Å². The van der Waals surface area contributed by atoms with Gasteiger partial charge in [0.15, 0.2) is 0 Å². The first-order valence-electron chi connectivity index (χ1n) is 6.16. The summed E-state index contributed by atoms with van der Waals surface area (Å²) in [5, 5.41) is 8.54. The molecule has 0 saturated carbocycles. The number of carbonyl (C=O) groups excluding carboxylic acids is 1. The number of amides is 1. The van der Waals surface area contributed by atoms with Crippen LogP contribution in [-0.4, -0.2) is 29.7 Å². The Kier molecular flexibility index (Phi) is 4.60. The molecule has 2 N–H and O–H groups in total. The molecule has 0 aromatic rings. The van der Waals surface area contributed by atoms with Gasteiger partial charge in [0.05, 0.1) is 6.07 Å². The maximum Gasteiger partial charge on any atom is 0.410 e. The number of hydrogen-bond donors (Lipinski definition) is 1. The van der Waals surface area contributed by atoms with Crippen LogP contribution in [0.4, 0.5) is 4.79 Å². The maximum atomic E-state index is 11.8. The third kappa shape index (κ3) is 4.28. The van der Waals surface area contributed by atoms with Crippen molar-refractivity contribution in [1.82, 2.24) is 4.90 Å². The smallest absolute Gasteiger partial charge is 0.410 e. The third-order valence-electron chi connectivity index (χ3n) is 2.85. The lowest BCUT2D eigenvalue weighted by atomic mass is 9.94. The Bertz CT molecular complexity index is 369. The largest absolute Gasteiger partial charge is 0.444 e. The number of nitrogens with two attached hydrogens (primary N) is 1. The zero-order valence-corrected chi connectivity index (χ0v) is 11.3. The lowest BCUT2D eigenvalue weighted by molar-refractivity contribution is 0.0194. The molecular weight excluding hydrogens is 230 g/mol. The Morgan fingerprint density at radius 1 is 1.44 bits per heavy atom. The molecule has 5 heteroatoms. The van der Waals surface area contributed by atoms with Crippen LogP contribution >= 0.6 is 0 Å². The molecule has 18 heavy (non-hydrogen) atoms. The van der Waals surface area contributed by atoms with Crippen LogP contribution in [0.5, 0.6) is 0 Å². The van der Waals surface area contributed by atoms with Crippen LogP contribution in [0.15, 0.2) is 11.8 Å². The van der Waals surface area contributed by atoms with E-state index in [1.54, 1.807) is 4.90 Å². The van der Waals surface area contributed by atoms with Gasteiger partial charge in [0, 0.05) is 30.8 Å². The van der Waals surface area contributed by atoms with E-state index in [0.29, 0.717) is 18.8 Å². The van der Waals surface area contributed by atoms with E-state index in [0.717, 1.165) is 12.8 Å². The zero-order valence-electron chi connectivity index (χ0n) is 11.3.